The van der Waals surface area contributed by atoms with Gasteiger partial charge in [-0.1, -0.05) is 22.5 Å². The number of aromatic nitrogens is 2. The number of thioether (sulfide) groups is 1. The Morgan fingerprint density at radius 3 is 2.77 bits per heavy atom. The van der Waals surface area contributed by atoms with Gasteiger partial charge < -0.3 is 9.47 Å². The molecule has 0 amide bonds. The smallest absolute Gasteiger partial charge is 0.354 e. The summed E-state index contributed by atoms with van der Waals surface area (Å²) in [6.45, 7) is 4.25. The summed E-state index contributed by atoms with van der Waals surface area (Å²) in [4.78, 5) is 10.9. The van der Waals surface area contributed by atoms with Gasteiger partial charge in [0.05, 0.1) is 26.4 Å². The molecule has 138 valence electrons. The Hall–Kier alpha value is -1.80. The first kappa shape index (κ1) is 17.6. The molecule has 3 heterocycles. The molecule has 1 aromatic rings. The normalized spacial score (nSPS) is 29.1. The zero-order valence-corrected chi connectivity index (χ0v) is 16.6. The number of imidazole rings is 1. The predicted octanol–water partition coefficient (Wildman–Crippen LogP) is 3.84. The van der Waals surface area contributed by atoms with E-state index < -0.39 is 0 Å². The van der Waals surface area contributed by atoms with Crippen LogP contribution in [0.2, 0.25) is 0 Å². The summed E-state index contributed by atoms with van der Waals surface area (Å²) in [5.74, 6) is 2.37. The van der Waals surface area contributed by atoms with Gasteiger partial charge in [0.25, 0.3) is 0 Å². The highest BCUT2D eigenvalue weighted by molar-refractivity contribution is 7.99. The van der Waals surface area contributed by atoms with Gasteiger partial charge in [-0.3, -0.25) is 0 Å². The number of hydroxylamine groups is 2. The molecule has 1 aliphatic carbocycles. The van der Waals surface area contributed by atoms with Gasteiger partial charge in [-0.15, -0.1) is 0 Å². The molecule has 2 unspecified atom stereocenters. The maximum atomic E-state index is 6.15. The highest BCUT2D eigenvalue weighted by Gasteiger charge is 2.67. The molecule has 26 heavy (non-hydrogen) atoms. The summed E-state index contributed by atoms with van der Waals surface area (Å²) >= 11 is 1.62. The molecule has 2 atom stereocenters. The van der Waals surface area contributed by atoms with Crippen LogP contribution in [0.3, 0.4) is 0 Å². The summed E-state index contributed by atoms with van der Waals surface area (Å²) in [5, 5.41) is 1.04. The van der Waals surface area contributed by atoms with Crippen molar-refractivity contribution < 1.29 is 14.3 Å². The minimum atomic E-state index is -0.383. The molecule has 0 radical (unpaired) electrons. The van der Waals surface area contributed by atoms with Crippen LogP contribution >= 0.6 is 11.8 Å². The molecule has 0 aromatic carbocycles. The van der Waals surface area contributed by atoms with E-state index in [1.165, 1.54) is 5.57 Å². The SMILES string of the molecule is COCSc1cnc2n1C1=C(C)C(OC)=C(C)CC13C=CC=C[N+]23OC. The molecular weight excluding hydrogens is 350 g/mol. The van der Waals surface area contributed by atoms with Crippen molar-refractivity contribution in [1.29, 1.82) is 0 Å². The zero-order valence-electron chi connectivity index (χ0n) is 15.8. The van der Waals surface area contributed by atoms with Crippen LogP contribution in [0.25, 0.3) is 5.70 Å². The van der Waals surface area contributed by atoms with Crippen LogP contribution in [-0.4, -0.2) is 42.4 Å². The van der Waals surface area contributed by atoms with Crippen molar-refractivity contribution in [2.24, 2.45) is 0 Å². The second kappa shape index (κ2) is 6.13. The molecule has 0 bridgehead atoms. The zero-order chi connectivity index (χ0) is 18.5. The standard InChI is InChI=1S/C19H24N3O3S/c1-13-10-19-8-6-7-9-22(19,25-5)18-20-11-15(26-12-23-3)21(18)17(19)14(2)16(13)24-4/h6-9,11H,10,12H2,1-5H3/q+1. The highest BCUT2D eigenvalue weighted by Crippen LogP contribution is 2.58. The van der Waals surface area contributed by atoms with E-state index in [0.29, 0.717) is 5.94 Å². The molecule has 0 fully saturated rings. The van der Waals surface area contributed by atoms with E-state index in [4.69, 9.17) is 19.3 Å². The van der Waals surface area contributed by atoms with E-state index in [1.54, 1.807) is 33.1 Å². The minimum Gasteiger partial charge on any atom is -0.496 e. The molecular formula is C19H24N3O3S+. The third-order valence-corrected chi connectivity index (χ3v) is 6.39. The summed E-state index contributed by atoms with van der Waals surface area (Å²) in [5.41, 5.74) is 3.11. The van der Waals surface area contributed by atoms with Crippen LogP contribution in [0.5, 0.6) is 0 Å². The molecule has 2 aliphatic heterocycles. The summed E-state index contributed by atoms with van der Waals surface area (Å²) < 4.78 is 13.5. The number of allylic oxidation sites excluding steroid dienone is 3. The molecule has 7 heteroatoms. The quantitative estimate of drug-likeness (QED) is 0.445. The Morgan fingerprint density at radius 2 is 2.08 bits per heavy atom. The predicted molar refractivity (Wildman–Crippen MR) is 103 cm³/mol. The Bertz CT molecular complexity index is 883. The number of nitrogens with zero attached hydrogens (tertiary/aromatic N) is 3. The summed E-state index contributed by atoms with van der Waals surface area (Å²) in [6, 6.07) is 0. The molecule has 1 spiro atoms. The molecule has 0 N–H and O–H groups in total. The fourth-order valence-corrected chi connectivity index (χ4v) is 5.26. The van der Waals surface area contributed by atoms with Crippen molar-refractivity contribution in [2.75, 3.05) is 27.3 Å². The molecule has 0 saturated heterocycles. The topological polar surface area (TPSA) is 45.5 Å². The van der Waals surface area contributed by atoms with E-state index >= 15 is 0 Å². The van der Waals surface area contributed by atoms with Gasteiger partial charge in [-0.25, -0.2) is 4.57 Å². The van der Waals surface area contributed by atoms with Gasteiger partial charge in [0, 0.05) is 19.1 Å². The molecule has 0 saturated carbocycles. The second-order valence-electron chi connectivity index (χ2n) is 6.71. The van der Waals surface area contributed by atoms with Crippen molar-refractivity contribution in [3.8, 4) is 0 Å². The number of hydrogen-bond donors (Lipinski definition) is 0. The van der Waals surface area contributed by atoms with E-state index in [0.717, 1.165) is 34.4 Å². The number of rotatable bonds is 5. The van der Waals surface area contributed by atoms with Crippen LogP contribution in [0, 0.1) is 0 Å². The maximum Gasteiger partial charge on any atom is 0.354 e. The monoisotopic (exact) mass is 374 g/mol. The van der Waals surface area contributed by atoms with Crippen LogP contribution < -0.4 is 4.65 Å². The van der Waals surface area contributed by atoms with Gasteiger partial charge in [-0.2, -0.15) is 9.82 Å². The Labute approximate surface area is 158 Å². The van der Waals surface area contributed by atoms with Crippen molar-refractivity contribution in [1.82, 2.24) is 14.2 Å². The van der Waals surface area contributed by atoms with Crippen molar-refractivity contribution in [3.05, 3.63) is 47.5 Å². The van der Waals surface area contributed by atoms with Crippen molar-refractivity contribution in [2.45, 2.75) is 30.8 Å². The number of quaternary nitrogens is 1. The van der Waals surface area contributed by atoms with E-state index in [9.17, 15) is 0 Å². The Morgan fingerprint density at radius 1 is 1.27 bits per heavy atom. The third kappa shape index (κ3) is 1.97. The largest absolute Gasteiger partial charge is 0.496 e. The summed E-state index contributed by atoms with van der Waals surface area (Å²) in [7, 11) is 5.18. The third-order valence-electron chi connectivity index (χ3n) is 5.45. The first-order chi connectivity index (χ1) is 12.6. The first-order valence-electron chi connectivity index (χ1n) is 8.54. The van der Waals surface area contributed by atoms with Crippen LogP contribution in [0.1, 0.15) is 20.3 Å². The Kier molecular flexibility index (Phi) is 4.15. The van der Waals surface area contributed by atoms with E-state index in [-0.39, 0.29) is 10.2 Å². The number of methoxy groups -OCH3 is 2. The second-order valence-corrected chi connectivity index (χ2v) is 7.65. The molecule has 3 aliphatic rings. The number of ether oxygens (including phenoxy) is 2. The lowest BCUT2D eigenvalue weighted by molar-refractivity contribution is -0.118. The number of hydrogen-bond acceptors (Lipinski definition) is 5. The van der Waals surface area contributed by atoms with E-state index in [1.807, 2.05) is 12.3 Å². The van der Waals surface area contributed by atoms with Crippen molar-refractivity contribution in [3.63, 3.8) is 0 Å². The van der Waals surface area contributed by atoms with E-state index in [2.05, 4.69) is 36.8 Å². The average molecular weight is 374 g/mol. The average Bonchev–Trinajstić information content (AvgIpc) is 3.14. The fourth-order valence-electron chi connectivity index (χ4n) is 4.59. The van der Waals surface area contributed by atoms with Crippen LogP contribution in [0.15, 0.2) is 52.6 Å². The van der Waals surface area contributed by atoms with Gasteiger partial charge >= 0.3 is 5.95 Å². The van der Waals surface area contributed by atoms with Crippen molar-refractivity contribution >= 4 is 23.4 Å². The van der Waals surface area contributed by atoms with Gasteiger partial charge in [0.15, 0.2) is 0 Å². The lowest BCUT2D eigenvalue weighted by atomic mass is 9.78. The van der Waals surface area contributed by atoms with Crippen LogP contribution in [0.4, 0.5) is 5.95 Å². The fraction of sp³-hybridized carbons (Fsp3) is 0.421. The van der Waals surface area contributed by atoms with Crippen LogP contribution in [-0.2, 0) is 14.3 Å². The molecule has 6 nitrogen and oxygen atoms in total. The Balaban J connectivity index is 2.04. The first-order valence-corrected chi connectivity index (χ1v) is 9.52. The molecule has 4 rings (SSSR count). The van der Waals surface area contributed by atoms with Gasteiger partial charge in [-0.05, 0) is 31.6 Å². The minimum absolute atomic E-state index is 0.220. The summed E-state index contributed by atoms with van der Waals surface area (Å²) in [6.07, 6.45) is 11.1. The lowest BCUT2D eigenvalue weighted by Crippen LogP contribution is -2.60. The molecule has 1 aromatic heterocycles. The highest BCUT2D eigenvalue weighted by atomic mass is 32.2. The number of fused-ring (bicyclic) bond motifs is 3. The maximum absolute atomic E-state index is 6.15. The van der Waals surface area contributed by atoms with Gasteiger partial charge in [0.2, 0.25) is 5.54 Å². The lowest BCUT2D eigenvalue weighted by Gasteiger charge is -2.42. The van der Waals surface area contributed by atoms with Gasteiger partial charge in [0.1, 0.15) is 22.7 Å².